The Balaban J connectivity index is 1.76. The number of carbonyl (C=O) groups is 2. The maximum absolute atomic E-state index is 11.6. The van der Waals surface area contributed by atoms with Crippen LogP contribution in [0.25, 0.3) is 0 Å². The summed E-state index contributed by atoms with van der Waals surface area (Å²) >= 11 is 1.29. The van der Waals surface area contributed by atoms with Crippen LogP contribution in [-0.2, 0) is 16.1 Å². The molecule has 1 heterocycles. The van der Waals surface area contributed by atoms with E-state index >= 15 is 0 Å². The van der Waals surface area contributed by atoms with E-state index in [0.717, 1.165) is 11.1 Å². The Morgan fingerprint density at radius 2 is 2.00 bits per heavy atom. The number of hydrogen-bond acceptors (Lipinski definition) is 4. The van der Waals surface area contributed by atoms with Gasteiger partial charge in [-0.3, -0.25) is 4.79 Å². The lowest BCUT2D eigenvalue weighted by Crippen LogP contribution is -2.28. The number of carbonyl (C=O) groups excluding carboxylic acids is 2. The molecule has 0 spiro atoms. The van der Waals surface area contributed by atoms with Gasteiger partial charge in [0.05, 0.1) is 0 Å². The molecular weight excluding hydrogens is 274 g/mol. The highest BCUT2D eigenvalue weighted by Crippen LogP contribution is 2.09. The van der Waals surface area contributed by atoms with E-state index in [0.29, 0.717) is 11.4 Å². The van der Waals surface area contributed by atoms with Crippen LogP contribution in [0.3, 0.4) is 0 Å². The van der Waals surface area contributed by atoms with Gasteiger partial charge in [0, 0.05) is 6.54 Å². The highest BCUT2D eigenvalue weighted by atomic mass is 32.1. The summed E-state index contributed by atoms with van der Waals surface area (Å²) in [6, 6.07) is 11.2. The molecule has 4 nitrogen and oxygen atoms in total. The first-order chi connectivity index (χ1) is 9.66. The first kappa shape index (κ1) is 14.3. The van der Waals surface area contributed by atoms with Crippen molar-refractivity contribution in [2.24, 2.45) is 0 Å². The predicted molar refractivity (Wildman–Crippen MR) is 77.6 cm³/mol. The average molecular weight is 289 g/mol. The van der Waals surface area contributed by atoms with Crippen LogP contribution < -0.4 is 5.32 Å². The predicted octanol–water partition coefficient (Wildman–Crippen LogP) is 2.53. The van der Waals surface area contributed by atoms with Gasteiger partial charge < -0.3 is 10.1 Å². The molecule has 2 aromatic rings. The van der Waals surface area contributed by atoms with Crippen molar-refractivity contribution in [2.75, 3.05) is 6.61 Å². The molecule has 0 unspecified atom stereocenters. The monoisotopic (exact) mass is 289 g/mol. The van der Waals surface area contributed by atoms with E-state index in [1.165, 1.54) is 11.3 Å². The molecule has 0 fully saturated rings. The number of thiophene rings is 1. The number of ether oxygens (including phenoxy) is 1. The summed E-state index contributed by atoms with van der Waals surface area (Å²) in [6.45, 7) is 2.16. The van der Waals surface area contributed by atoms with E-state index < -0.39 is 5.97 Å². The third-order valence-corrected chi connectivity index (χ3v) is 3.64. The summed E-state index contributed by atoms with van der Waals surface area (Å²) in [4.78, 5) is 23.7. The van der Waals surface area contributed by atoms with Crippen molar-refractivity contribution in [3.8, 4) is 0 Å². The molecule has 2 rings (SSSR count). The third-order valence-electron chi connectivity index (χ3n) is 2.79. The molecule has 0 radical (unpaired) electrons. The molecule has 0 saturated carbocycles. The molecular formula is C15H15NO3S. The van der Waals surface area contributed by atoms with Gasteiger partial charge in [-0.25, -0.2) is 4.79 Å². The van der Waals surface area contributed by atoms with Gasteiger partial charge in [-0.15, -0.1) is 11.3 Å². The molecule has 0 aliphatic rings. The zero-order chi connectivity index (χ0) is 14.4. The van der Waals surface area contributed by atoms with Crippen molar-refractivity contribution >= 4 is 23.2 Å². The zero-order valence-electron chi connectivity index (χ0n) is 11.1. The van der Waals surface area contributed by atoms with Crippen LogP contribution in [0, 0.1) is 6.92 Å². The Kier molecular flexibility index (Phi) is 4.90. The number of rotatable bonds is 5. The van der Waals surface area contributed by atoms with Crippen LogP contribution in [0.5, 0.6) is 0 Å². The maximum atomic E-state index is 11.6. The molecule has 20 heavy (non-hydrogen) atoms. The van der Waals surface area contributed by atoms with E-state index in [1.807, 2.05) is 31.2 Å². The first-order valence-electron chi connectivity index (χ1n) is 6.18. The minimum atomic E-state index is -0.467. The standard InChI is InChI=1S/C15H15NO3S/c1-11-5-2-3-6-12(11)9-16-14(17)10-19-15(18)13-7-4-8-20-13/h2-8H,9-10H2,1H3,(H,16,17). The van der Waals surface area contributed by atoms with Gasteiger partial charge in [0.15, 0.2) is 6.61 Å². The molecule has 1 aromatic heterocycles. The molecule has 1 amide bonds. The molecule has 0 bridgehead atoms. The molecule has 0 atom stereocenters. The van der Waals surface area contributed by atoms with Crippen LogP contribution in [0.2, 0.25) is 0 Å². The van der Waals surface area contributed by atoms with Gasteiger partial charge in [0.25, 0.3) is 5.91 Å². The molecule has 1 N–H and O–H groups in total. The first-order valence-corrected chi connectivity index (χ1v) is 7.06. The molecule has 0 aliphatic heterocycles. The van der Waals surface area contributed by atoms with E-state index in [2.05, 4.69) is 5.32 Å². The fraction of sp³-hybridized carbons (Fsp3) is 0.200. The van der Waals surface area contributed by atoms with Crippen LogP contribution in [-0.4, -0.2) is 18.5 Å². The van der Waals surface area contributed by atoms with Crippen molar-refractivity contribution in [3.63, 3.8) is 0 Å². The van der Waals surface area contributed by atoms with Crippen LogP contribution in [0.15, 0.2) is 41.8 Å². The number of nitrogens with one attached hydrogen (secondary N) is 1. The third kappa shape index (κ3) is 3.93. The Hall–Kier alpha value is -2.14. The van der Waals surface area contributed by atoms with Crippen molar-refractivity contribution in [3.05, 3.63) is 57.8 Å². The molecule has 104 valence electrons. The topological polar surface area (TPSA) is 55.4 Å². The van der Waals surface area contributed by atoms with Crippen molar-refractivity contribution in [1.82, 2.24) is 5.32 Å². The highest BCUT2D eigenvalue weighted by molar-refractivity contribution is 7.11. The van der Waals surface area contributed by atoms with E-state index in [9.17, 15) is 9.59 Å². The number of esters is 1. The Bertz CT molecular complexity index is 593. The Labute approximate surface area is 121 Å². The number of amides is 1. The van der Waals surface area contributed by atoms with Crippen molar-refractivity contribution < 1.29 is 14.3 Å². The fourth-order valence-corrected chi connectivity index (χ4v) is 2.27. The average Bonchev–Trinajstić information content (AvgIpc) is 2.98. The molecule has 0 aliphatic carbocycles. The smallest absolute Gasteiger partial charge is 0.348 e. The number of aryl methyl sites for hydroxylation is 1. The molecule has 5 heteroatoms. The van der Waals surface area contributed by atoms with E-state index in [1.54, 1.807) is 17.5 Å². The second kappa shape index (κ2) is 6.86. The van der Waals surface area contributed by atoms with Crippen LogP contribution in [0.1, 0.15) is 20.8 Å². The zero-order valence-corrected chi connectivity index (χ0v) is 11.9. The summed E-state index contributed by atoms with van der Waals surface area (Å²) in [5.74, 6) is -0.774. The quantitative estimate of drug-likeness (QED) is 0.861. The largest absolute Gasteiger partial charge is 0.451 e. The van der Waals surface area contributed by atoms with Gasteiger partial charge in [0.1, 0.15) is 4.88 Å². The fourth-order valence-electron chi connectivity index (χ4n) is 1.65. The van der Waals surface area contributed by atoms with Gasteiger partial charge >= 0.3 is 5.97 Å². The van der Waals surface area contributed by atoms with E-state index in [4.69, 9.17) is 4.74 Å². The van der Waals surface area contributed by atoms with Gasteiger partial charge in [-0.1, -0.05) is 30.3 Å². The number of benzene rings is 1. The van der Waals surface area contributed by atoms with Crippen LogP contribution in [0.4, 0.5) is 0 Å². The lowest BCUT2D eigenvalue weighted by Gasteiger charge is -2.08. The summed E-state index contributed by atoms with van der Waals surface area (Å²) in [5.41, 5.74) is 2.16. The van der Waals surface area contributed by atoms with Crippen LogP contribution >= 0.6 is 11.3 Å². The summed E-state index contributed by atoms with van der Waals surface area (Å²) in [5, 5.41) is 4.51. The van der Waals surface area contributed by atoms with Gasteiger partial charge in [0.2, 0.25) is 0 Å². The normalized spacial score (nSPS) is 10.1. The van der Waals surface area contributed by atoms with Gasteiger partial charge in [-0.05, 0) is 29.5 Å². The maximum Gasteiger partial charge on any atom is 0.348 e. The van der Waals surface area contributed by atoms with Gasteiger partial charge in [-0.2, -0.15) is 0 Å². The van der Waals surface area contributed by atoms with Crippen molar-refractivity contribution in [1.29, 1.82) is 0 Å². The lowest BCUT2D eigenvalue weighted by atomic mass is 10.1. The molecule has 0 saturated heterocycles. The minimum Gasteiger partial charge on any atom is -0.451 e. The second-order valence-electron chi connectivity index (χ2n) is 4.26. The second-order valence-corrected chi connectivity index (χ2v) is 5.20. The summed E-state index contributed by atoms with van der Waals surface area (Å²) in [6.07, 6.45) is 0. The minimum absolute atomic E-state index is 0.261. The Morgan fingerprint density at radius 1 is 1.20 bits per heavy atom. The SMILES string of the molecule is Cc1ccccc1CNC(=O)COC(=O)c1cccs1. The molecule has 1 aromatic carbocycles. The summed E-state index contributed by atoms with van der Waals surface area (Å²) in [7, 11) is 0. The van der Waals surface area contributed by atoms with Crippen molar-refractivity contribution in [2.45, 2.75) is 13.5 Å². The highest BCUT2D eigenvalue weighted by Gasteiger charge is 2.10. The Morgan fingerprint density at radius 3 is 2.70 bits per heavy atom. The summed E-state index contributed by atoms with van der Waals surface area (Å²) < 4.78 is 4.93. The number of hydrogen-bond donors (Lipinski definition) is 1. The lowest BCUT2D eigenvalue weighted by molar-refractivity contribution is -0.124. The van der Waals surface area contributed by atoms with E-state index in [-0.39, 0.29) is 12.5 Å².